The minimum Gasteiger partial charge on any atom is -0.298 e. The van der Waals surface area contributed by atoms with E-state index in [1.165, 1.54) is 38.8 Å². The predicted octanol–water partition coefficient (Wildman–Crippen LogP) is 3.13. The highest BCUT2D eigenvalue weighted by atomic mass is 19.1. The van der Waals surface area contributed by atoms with E-state index in [0.29, 0.717) is 0 Å². The number of hydrogen-bond donors (Lipinski definition) is 0. The lowest BCUT2D eigenvalue weighted by Gasteiger charge is -2.41. The largest absolute Gasteiger partial charge is 0.298 e. The predicted molar refractivity (Wildman–Crippen MR) is 82.5 cm³/mol. The van der Waals surface area contributed by atoms with Crippen LogP contribution in [0.15, 0.2) is 24.3 Å². The van der Waals surface area contributed by atoms with Crippen LogP contribution in [-0.2, 0) is 6.54 Å². The van der Waals surface area contributed by atoms with Crippen LogP contribution in [0.3, 0.4) is 0 Å². The second-order valence-electron chi connectivity index (χ2n) is 7.15. The Hall–Kier alpha value is -0.930. The quantitative estimate of drug-likeness (QED) is 0.843. The highest BCUT2D eigenvalue weighted by Crippen LogP contribution is 2.46. The minimum atomic E-state index is -0.0620. The van der Waals surface area contributed by atoms with Crippen molar-refractivity contribution in [3.8, 4) is 0 Å². The molecule has 114 valence electrons. The fourth-order valence-corrected chi connectivity index (χ4v) is 4.78. The Bertz CT molecular complexity index is 496. The van der Waals surface area contributed by atoms with Gasteiger partial charge in [-0.05, 0) is 37.2 Å². The number of fused-ring (bicyclic) bond motifs is 2. The number of halogens is 1. The Balaban J connectivity index is 1.32. The van der Waals surface area contributed by atoms with Gasteiger partial charge in [0.1, 0.15) is 5.82 Å². The van der Waals surface area contributed by atoms with E-state index in [1.54, 1.807) is 12.1 Å². The van der Waals surface area contributed by atoms with Crippen molar-refractivity contribution in [2.45, 2.75) is 38.3 Å². The summed E-state index contributed by atoms with van der Waals surface area (Å²) in [7, 11) is 0. The van der Waals surface area contributed by atoms with E-state index in [9.17, 15) is 4.39 Å². The molecular weight excluding hydrogens is 263 g/mol. The van der Waals surface area contributed by atoms with E-state index in [1.807, 2.05) is 12.1 Å². The van der Waals surface area contributed by atoms with Crippen LogP contribution in [0.5, 0.6) is 0 Å². The van der Waals surface area contributed by atoms with Crippen molar-refractivity contribution < 1.29 is 4.39 Å². The summed E-state index contributed by atoms with van der Waals surface area (Å²) in [5.74, 6) is 1.94. The van der Waals surface area contributed by atoms with Gasteiger partial charge in [0.25, 0.3) is 0 Å². The van der Waals surface area contributed by atoms with Crippen LogP contribution in [0.2, 0.25) is 0 Å². The number of hydrogen-bond acceptors (Lipinski definition) is 2. The molecule has 0 radical (unpaired) electrons. The summed E-state index contributed by atoms with van der Waals surface area (Å²) in [4.78, 5) is 5.13. The maximum absolute atomic E-state index is 13.7. The lowest BCUT2D eigenvalue weighted by atomic mass is 9.93. The molecular formula is C18H25FN2. The minimum absolute atomic E-state index is 0.0620. The van der Waals surface area contributed by atoms with E-state index in [4.69, 9.17) is 0 Å². The molecule has 1 aromatic rings. The molecule has 3 heteroatoms. The van der Waals surface area contributed by atoms with Gasteiger partial charge in [-0.3, -0.25) is 9.80 Å². The molecule has 0 spiro atoms. The first-order valence-electron chi connectivity index (χ1n) is 8.49. The third kappa shape index (κ3) is 2.74. The molecule has 1 aliphatic heterocycles. The smallest absolute Gasteiger partial charge is 0.127 e. The zero-order valence-electron chi connectivity index (χ0n) is 12.7. The van der Waals surface area contributed by atoms with E-state index >= 15 is 0 Å². The van der Waals surface area contributed by atoms with Crippen molar-refractivity contribution in [1.29, 1.82) is 0 Å². The average Bonchev–Trinajstić information content (AvgIpc) is 3.13. The van der Waals surface area contributed by atoms with Crippen molar-refractivity contribution >= 4 is 0 Å². The van der Waals surface area contributed by atoms with Crippen LogP contribution < -0.4 is 0 Å². The van der Waals surface area contributed by atoms with Gasteiger partial charge in [-0.1, -0.05) is 24.6 Å². The first-order valence-corrected chi connectivity index (χ1v) is 8.49. The molecule has 1 aromatic carbocycles. The molecule has 1 saturated heterocycles. The molecule has 3 atom stereocenters. The zero-order chi connectivity index (χ0) is 14.2. The molecule has 0 aromatic heterocycles. The summed E-state index contributed by atoms with van der Waals surface area (Å²) in [5.41, 5.74) is 0.839. The maximum atomic E-state index is 13.7. The monoisotopic (exact) mass is 288 g/mol. The van der Waals surface area contributed by atoms with Gasteiger partial charge in [0.05, 0.1) is 0 Å². The van der Waals surface area contributed by atoms with Gasteiger partial charge in [0.15, 0.2) is 0 Å². The lowest BCUT2D eigenvalue weighted by Crippen LogP contribution is -2.51. The average molecular weight is 288 g/mol. The topological polar surface area (TPSA) is 6.48 Å². The molecule has 2 nitrogen and oxygen atoms in total. The van der Waals surface area contributed by atoms with E-state index in [2.05, 4.69) is 9.80 Å². The summed E-state index contributed by atoms with van der Waals surface area (Å²) in [6.45, 7) is 5.27. The van der Waals surface area contributed by atoms with Crippen molar-refractivity contribution in [2.75, 3.05) is 26.2 Å². The van der Waals surface area contributed by atoms with Gasteiger partial charge < -0.3 is 0 Å². The third-order valence-electron chi connectivity index (χ3n) is 5.93. The molecule has 3 fully saturated rings. The van der Waals surface area contributed by atoms with Crippen LogP contribution >= 0.6 is 0 Å². The number of rotatable bonds is 3. The first-order chi connectivity index (χ1) is 10.3. The van der Waals surface area contributed by atoms with Gasteiger partial charge in [0.2, 0.25) is 0 Å². The Labute approximate surface area is 126 Å². The molecule has 4 rings (SSSR count). The normalized spacial score (nSPS) is 33.7. The van der Waals surface area contributed by atoms with Crippen molar-refractivity contribution in [3.63, 3.8) is 0 Å². The fourth-order valence-electron chi connectivity index (χ4n) is 4.78. The molecule has 0 amide bonds. The molecule has 2 bridgehead atoms. The van der Waals surface area contributed by atoms with Crippen LogP contribution in [-0.4, -0.2) is 42.0 Å². The first kappa shape index (κ1) is 13.7. The molecule has 0 N–H and O–H groups in total. The van der Waals surface area contributed by atoms with E-state index in [-0.39, 0.29) is 5.82 Å². The second kappa shape index (κ2) is 5.69. The second-order valence-corrected chi connectivity index (χ2v) is 7.15. The van der Waals surface area contributed by atoms with Crippen LogP contribution in [0.25, 0.3) is 0 Å². The molecule has 3 aliphatic rings. The van der Waals surface area contributed by atoms with Crippen LogP contribution in [0.1, 0.15) is 31.2 Å². The van der Waals surface area contributed by atoms with Gasteiger partial charge in [0, 0.05) is 44.3 Å². The Morgan fingerprint density at radius 3 is 2.48 bits per heavy atom. The van der Waals surface area contributed by atoms with Crippen LogP contribution in [0.4, 0.5) is 4.39 Å². The molecule has 0 unspecified atom stereocenters. The van der Waals surface area contributed by atoms with E-state index in [0.717, 1.165) is 43.1 Å². The van der Waals surface area contributed by atoms with Gasteiger partial charge in [-0.2, -0.15) is 0 Å². The maximum Gasteiger partial charge on any atom is 0.127 e. The summed E-state index contributed by atoms with van der Waals surface area (Å²) in [5, 5.41) is 0. The Morgan fingerprint density at radius 2 is 1.81 bits per heavy atom. The molecule has 1 heterocycles. The van der Waals surface area contributed by atoms with Crippen molar-refractivity contribution in [3.05, 3.63) is 35.6 Å². The number of nitrogens with zero attached hydrogens (tertiary/aromatic N) is 2. The SMILES string of the molecule is Fc1ccccc1CN1CCN([C@H]2C[C@@H]3CC[C@@H]2C3)CC1. The summed E-state index contributed by atoms with van der Waals surface area (Å²) >= 11 is 0. The van der Waals surface area contributed by atoms with E-state index < -0.39 is 0 Å². The molecule has 21 heavy (non-hydrogen) atoms. The summed E-state index contributed by atoms with van der Waals surface area (Å²) in [6, 6.07) is 8.05. The summed E-state index contributed by atoms with van der Waals surface area (Å²) < 4.78 is 13.7. The molecule has 2 saturated carbocycles. The Morgan fingerprint density at radius 1 is 1.00 bits per heavy atom. The van der Waals surface area contributed by atoms with Gasteiger partial charge in [-0.25, -0.2) is 4.39 Å². The van der Waals surface area contributed by atoms with Crippen LogP contribution in [0, 0.1) is 17.7 Å². The number of benzene rings is 1. The number of piperazine rings is 1. The highest BCUT2D eigenvalue weighted by molar-refractivity contribution is 5.17. The highest BCUT2D eigenvalue weighted by Gasteiger charge is 2.42. The third-order valence-corrected chi connectivity index (χ3v) is 5.93. The zero-order valence-corrected chi connectivity index (χ0v) is 12.7. The summed E-state index contributed by atoms with van der Waals surface area (Å²) in [6.07, 6.45) is 5.87. The fraction of sp³-hybridized carbons (Fsp3) is 0.667. The standard InChI is InChI=1S/C18H25FN2/c19-17-4-2-1-3-16(17)13-20-7-9-21(10-8-20)18-12-14-5-6-15(18)11-14/h1-4,14-15,18H,5-13H2/t14-,15-,18+/m1/s1. The van der Waals surface area contributed by atoms with Crippen molar-refractivity contribution in [1.82, 2.24) is 9.80 Å². The van der Waals surface area contributed by atoms with Gasteiger partial charge >= 0.3 is 0 Å². The van der Waals surface area contributed by atoms with Crippen molar-refractivity contribution in [2.24, 2.45) is 11.8 Å². The van der Waals surface area contributed by atoms with Gasteiger partial charge in [-0.15, -0.1) is 0 Å². The Kier molecular flexibility index (Phi) is 3.72. The lowest BCUT2D eigenvalue weighted by molar-refractivity contribution is 0.0675. The molecule has 2 aliphatic carbocycles.